The lowest BCUT2D eigenvalue weighted by atomic mass is 9.98. The van der Waals surface area contributed by atoms with Crippen LogP contribution in [0.5, 0.6) is 5.75 Å². The molecule has 0 heterocycles. The number of hydrogen-bond acceptors (Lipinski definition) is 4. The van der Waals surface area contributed by atoms with Gasteiger partial charge in [0.2, 0.25) is 0 Å². The highest BCUT2D eigenvalue weighted by Gasteiger charge is 2.48. The molecule has 2 atom stereocenters. The Morgan fingerprint density at radius 1 is 1.38 bits per heavy atom. The maximum absolute atomic E-state index is 11.7. The van der Waals surface area contributed by atoms with Crippen molar-refractivity contribution in [1.82, 2.24) is 5.32 Å². The Morgan fingerprint density at radius 3 is 2.81 bits per heavy atom. The molecule has 1 aromatic rings. The second-order valence-electron chi connectivity index (χ2n) is 5.94. The van der Waals surface area contributed by atoms with Crippen molar-refractivity contribution in [2.75, 3.05) is 7.11 Å². The molecule has 0 bridgehead atoms. The average Bonchev–Trinajstić information content (AvgIpc) is 3.19. The molecule has 0 saturated heterocycles. The quantitative estimate of drug-likeness (QED) is 0.846. The number of carbonyl (C=O) groups is 1. The van der Waals surface area contributed by atoms with Gasteiger partial charge in [-0.25, -0.2) is 0 Å². The van der Waals surface area contributed by atoms with E-state index in [4.69, 9.17) is 4.74 Å². The van der Waals surface area contributed by atoms with Crippen molar-refractivity contribution >= 4 is 17.7 Å². The summed E-state index contributed by atoms with van der Waals surface area (Å²) in [6.07, 6.45) is 4.54. The van der Waals surface area contributed by atoms with E-state index in [1.54, 1.807) is 18.9 Å². The van der Waals surface area contributed by atoms with E-state index in [0.717, 1.165) is 29.9 Å². The zero-order valence-electron chi connectivity index (χ0n) is 12.2. The molecule has 4 nitrogen and oxygen atoms in total. The number of para-hydroxylation sites is 1. The summed E-state index contributed by atoms with van der Waals surface area (Å²) in [6.45, 7) is 0. The molecule has 2 N–H and O–H groups in total. The van der Waals surface area contributed by atoms with Crippen molar-refractivity contribution in [3.8, 4) is 5.75 Å². The van der Waals surface area contributed by atoms with Gasteiger partial charge in [-0.15, -0.1) is 11.8 Å². The second kappa shape index (κ2) is 5.89. The van der Waals surface area contributed by atoms with Gasteiger partial charge in [0, 0.05) is 16.2 Å². The highest BCUT2D eigenvalue weighted by atomic mass is 32.2. The zero-order valence-corrected chi connectivity index (χ0v) is 13.0. The van der Waals surface area contributed by atoms with Crippen LogP contribution in [0.25, 0.3) is 0 Å². The highest BCUT2D eigenvalue weighted by molar-refractivity contribution is 8.00. The zero-order chi connectivity index (χ0) is 14.9. The number of carboxylic acids is 1. The lowest BCUT2D eigenvalue weighted by Crippen LogP contribution is -2.51. The van der Waals surface area contributed by atoms with Crippen molar-refractivity contribution in [3.05, 3.63) is 24.3 Å². The average molecular weight is 307 g/mol. The Bertz CT molecular complexity index is 532. The maximum Gasteiger partial charge on any atom is 0.323 e. The Labute approximate surface area is 129 Å². The lowest BCUT2D eigenvalue weighted by molar-refractivity contribution is -0.144. The summed E-state index contributed by atoms with van der Waals surface area (Å²) >= 11 is 1.74. The molecule has 5 heteroatoms. The predicted octanol–water partition coefficient (Wildman–Crippen LogP) is 2.92. The van der Waals surface area contributed by atoms with Crippen molar-refractivity contribution in [2.45, 2.75) is 53.8 Å². The van der Waals surface area contributed by atoms with Gasteiger partial charge in [-0.3, -0.25) is 10.1 Å². The number of nitrogens with one attached hydrogen (secondary N) is 1. The van der Waals surface area contributed by atoms with Gasteiger partial charge in [0.15, 0.2) is 0 Å². The molecule has 0 amide bonds. The van der Waals surface area contributed by atoms with Crippen LogP contribution >= 0.6 is 11.8 Å². The predicted molar refractivity (Wildman–Crippen MR) is 83.0 cm³/mol. The summed E-state index contributed by atoms with van der Waals surface area (Å²) < 4.78 is 5.38. The molecule has 0 spiro atoms. The summed E-state index contributed by atoms with van der Waals surface area (Å²) in [7, 11) is 1.67. The van der Waals surface area contributed by atoms with Gasteiger partial charge < -0.3 is 9.84 Å². The fourth-order valence-corrected chi connectivity index (χ4v) is 4.39. The van der Waals surface area contributed by atoms with Gasteiger partial charge >= 0.3 is 5.97 Å². The van der Waals surface area contributed by atoms with Gasteiger partial charge in [-0.05, 0) is 44.2 Å². The highest BCUT2D eigenvalue weighted by Crippen LogP contribution is 2.44. The number of benzene rings is 1. The van der Waals surface area contributed by atoms with E-state index in [-0.39, 0.29) is 0 Å². The normalized spacial score (nSPS) is 28.5. The van der Waals surface area contributed by atoms with E-state index < -0.39 is 11.5 Å². The molecular weight excluding hydrogens is 286 g/mol. The van der Waals surface area contributed by atoms with Gasteiger partial charge in [-0.2, -0.15) is 0 Å². The minimum absolute atomic E-state index is 0.323. The summed E-state index contributed by atoms with van der Waals surface area (Å²) in [4.78, 5) is 12.8. The molecule has 0 radical (unpaired) electrons. The molecule has 2 aliphatic rings. The minimum atomic E-state index is -0.721. The third-order valence-corrected chi connectivity index (χ3v) is 5.63. The Morgan fingerprint density at radius 2 is 2.14 bits per heavy atom. The molecule has 2 fully saturated rings. The fourth-order valence-electron chi connectivity index (χ4n) is 3.00. The van der Waals surface area contributed by atoms with Crippen LogP contribution in [0.2, 0.25) is 0 Å². The van der Waals surface area contributed by atoms with Crippen molar-refractivity contribution in [3.63, 3.8) is 0 Å². The van der Waals surface area contributed by atoms with Crippen molar-refractivity contribution in [2.24, 2.45) is 0 Å². The minimum Gasteiger partial charge on any atom is -0.496 e. The summed E-state index contributed by atoms with van der Waals surface area (Å²) in [5.74, 6) is 0.169. The van der Waals surface area contributed by atoms with Crippen LogP contribution in [-0.4, -0.2) is 35.0 Å². The van der Waals surface area contributed by atoms with E-state index >= 15 is 0 Å². The molecule has 0 aromatic heterocycles. The molecule has 3 rings (SSSR count). The van der Waals surface area contributed by atoms with Crippen molar-refractivity contribution < 1.29 is 14.6 Å². The third-order valence-electron chi connectivity index (χ3n) is 4.30. The largest absolute Gasteiger partial charge is 0.496 e. The van der Waals surface area contributed by atoms with Crippen LogP contribution in [0.3, 0.4) is 0 Å². The maximum atomic E-state index is 11.7. The van der Waals surface area contributed by atoms with E-state index in [1.807, 2.05) is 24.3 Å². The Balaban J connectivity index is 1.69. The van der Waals surface area contributed by atoms with Crippen LogP contribution in [0.1, 0.15) is 32.1 Å². The van der Waals surface area contributed by atoms with Crippen LogP contribution in [0.4, 0.5) is 0 Å². The first kappa shape index (κ1) is 14.7. The van der Waals surface area contributed by atoms with Gasteiger partial charge in [-0.1, -0.05) is 12.1 Å². The molecule has 2 saturated carbocycles. The first-order valence-electron chi connectivity index (χ1n) is 7.44. The van der Waals surface area contributed by atoms with Crippen LogP contribution < -0.4 is 10.1 Å². The molecule has 114 valence electrons. The second-order valence-corrected chi connectivity index (χ2v) is 7.28. The number of hydrogen-bond donors (Lipinski definition) is 2. The van der Waals surface area contributed by atoms with Gasteiger partial charge in [0.1, 0.15) is 11.3 Å². The van der Waals surface area contributed by atoms with Gasteiger partial charge in [0.25, 0.3) is 0 Å². The van der Waals surface area contributed by atoms with Gasteiger partial charge in [0.05, 0.1) is 7.11 Å². The topological polar surface area (TPSA) is 58.6 Å². The molecule has 2 aliphatic carbocycles. The fraction of sp³-hybridized carbons (Fsp3) is 0.562. The van der Waals surface area contributed by atoms with E-state index in [2.05, 4.69) is 5.32 Å². The number of carboxylic acid groups (broad SMARTS) is 1. The lowest BCUT2D eigenvalue weighted by Gasteiger charge is -2.26. The van der Waals surface area contributed by atoms with Crippen LogP contribution in [0.15, 0.2) is 29.2 Å². The summed E-state index contributed by atoms with van der Waals surface area (Å²) in [5.41, 5.74) is -0.721. The first-order valence-corrected chi connectivity index (χ1v) is 8.32. The monoisotopic (exact) mass is 307 g/mol. The SMILES string of the molecule is COc1ccccc1SC1CCC(NC2CC2)(C(=O)O)C1. The van der Waals surface area contributed by atoms with E-state index in [1.165, 1.54) is 0 Å². The molecular formula is C16H21NO3S. The smallest absolute Gasteiger partial charge is 0.323 e. The Kier molecular flexibility index (Phi) is 4.13. The van der Waals surface area contributed by atoms with Crippen molar-refractivity contribution in [1.29, 1.82) is 0 Å². The third kappa shape index (κ3) is 3.19. The molecule has 2 unspecified atom stereocenters. The van der Waals surface area contributed by atoms with Crippen LogP contribution in [0, 0.1) is 0 Å². The van der Waals surface area contributed by atoms with E-state index in [9.17, 15) is 9.90 Å². The van der Waals surface area contributed by atoms with E-state index in [0.29, 0.717) is 24.1 Å². The number of aliphatic carboxylic acids is 1. The summed E-state index contributed by atoms with van der Waals surface area (Å²) in [6, 6.07) is 8.35. The molecule has 0 aliphatic heterocycles. The number of rotatable bonds is 6. The molecule has 21 heavy (non-hydrogen) atoms. The van der Waals surface area contributed by atoms with Crippen LogP contribution in [-0.2, 0) is 4.79 Å². The standard InChI is InChI=1S/C16H21NO3S/c1-20-13-4-2-3-5-14(13)21-12-8-9-16(10-12,15(18)19)17-11-6-7-11/h2-5,11-12,17H,6-10H2,1H3,(H,18,19). The number of ether oxygens (including phenoxy) is 1. The number of methoxy groups -OCH3 is 1. The summed E-state index contributed by atoms with van der Waals surface area (Å²) in [5, 5.41) is 13.3. The molecule has 1 aromatic carbocycles. The first-order chi connectivity index (χ1) is 10.1. The number of thioether (sulfide) groups is 1. The Hall–Kier alpha value is -1.20.